The Morgan fingerprint density at radius 3 is 2.38 bits per heavy atom. The first-order chi connectivity index (χ1) is 34.8. The van der Waals surface area contributed by atoms with Crippen molar-refractivity contribution >= 4 is 34.9 Å². The van der Waals surface area contributed by atoms with Gasteiger partial charge in [0.15, 0.2) is 17.3 Å². The molecule has 6 heterocycles. The molecule has 0 radical (unpaired) electrons. The molecular weight excluding hydrogens is 935 g/mol. The average Bonchev–Trinajstić information content (AvgIpc) is 4.13. The van der Waals surface area contributed by atoms with Crippen LogP contribution in [0.15, 0.2) is 95.0 Å². The van der Waals surface area contributed by atoms with Gasteiger partial charge in [0, 0.05) is 75.4 Å². The lowest BCUT2D eigenvalue weighted by Crippen LogP contribution is -2.53. The number of hydrogen-bond acceptors (Lipinski definition) is 15. The Balaban J connectivity index is 0.684. The number of nitrogens with one attached hydrogen (secondary N) is 1. The van der Waals surface area contributed by atoms with Gasteiger partial charge in [-0.25, -0.2) is 4.98 Å². The van der Waals surface area contributed by atoms with E-state index < -0.39 is 18.1 Å². The summed E-state index contributed by atoms with van der Waals surface area (Å²) in [5.74, 6) is 0.946. The van der Waals surface area contributed by atoms with E-state index in [1.807, 2.05) is 86.6 Å². The van der Waals surface area contributed by atoms with Gasteiger partial charge in [-0.2, -0.15) is 0 Å². The van der Waals surface area contributed by atoms with E-state index in [0.29, 0.717) is 65.7 Å². The van der Waals surface area contributed by atoms with Crippen LogP contribution in [0.1, 0.15) is 84.9 Å². The van der Waals surface area contributed by atoms with Gasteiger partial charge in [-0.05, 0) is 90.6 Å². The second-order valence-corrected chi connectivity index (χ2v) is 20.4. The molecule has 3 amide bonds. The molecule has 0 spiro atoms. The fraction of sp³-hybridized carbons (Fsp3) is 0.426. The maximum absolute atomic E-state index is 14.2. The number of phenols is 1. The molecule has 4 atom stereocenters. The molecule has 3 aromatic heterocycles. The van der Waals surface area contributed by atoms with Crippen molar-refractivity contribution < 1.29 is 38.6 Å². The van der Waals surface area contributed by atoms with Gasteiger partial charge in [0.1, 0.15) is 30.0 Å². The average molecular weight is 998 g/mol. The summed E-state index contributed by atoms with van der Waals surface area (Å²) >= 11 is 1.59. The number of aryl methyl sites for hydroxylation is 1. The van der Waals surface area contributed by atoms with Crippen molar-refractivity contribution in [2.45, 2.75) is 77.5 Å². The predicted octanol–water partition coefficient (Wildman–Crippen LogP) is 6.91. The molecule has 378 valence electrons. The number of likely N-dealkylation sites (tertiary alicyclic amines) is 3. The molecule has 72 heavy (non-hydrogen) atoms. The van der Waals surface area contributed by atoms with Gasteiger partial charge in [-0.15, -0.1) is 21.5 Å². The standard InChI is InChI=1S/C54H63N9O8S/c1-32(2)49(54(68)63-30-41(64)25-44(63)52(66)57-33(3)36-13-15-38(16-14-36)50-34(4)56-31-72-50)46-27-48(60-71-46)70-24-22-61-28-40(29-61)37-17-20-62(21-18-37)53(67)39-11-9-35(10-12-39)19-23-69-47-26-43(58-59-51(47)55)42-7-5-6-8-45(42)65/h5-16,26-27,31-33,37,40-41,44,49,64-65H,17-25,28-30H2,1-4H3,(H2,55,59)(H,57,66)/t33-,41+,44-,49+/m0/s1. The van der Waals surface area contributed by atoms with E-state index >= 15 is 0 Å². The van der Waals surface area contributed by atoms with Crippen molar-refractivity contribution in [1.29, 1.82) is 0 Å². The second kappa shape index (κ2) is 22.3. The van der Waals surface area contributed by atoms with Crippen LogP contribution in [0.4, 0.5) is 5.82 Å². The summed E-state index contributed by atoms with van der Waals surface area (Å²) in [5, 5.41) is 36.2. The fourth-order valence-corrected chi connectivity index (χ4v) is 11.0. The summed E-state index contributed by atoms with van der Waals surface area (Å²) in [4.78, 5) is 52.6. The first-order valence-corrected chi connectivity index (χ1v) is 25.7. The molecule has 3 aromatic carbocycles. The Hall–Kier alpha value is -6.89. The van der Waals surface area contributed by atoms with E-state index in [4.69, 9.17) is 19.7 Å². The molecule has 3 saturated heterocycles. The number of hydrogen-bond donors (Lipinski definition) is 4. The number of aromatic nitrogens is 4. The number of benzene rings is 3. The molecule has 3 aliphatic rings. The lowest BCUT2D eigenvalue weighted by molar-refractivity contribution is -0.141. The number of anilines is 1. The number of piperidine rings is 1. The highest BCUT2D eigenvalue weighted by atomic mass is 32.1. The number of para-hydroxylation sites is 1. The first kappa shape index (κ1) is 50.1. The SMILES string of the molecule is Cc1ncsc1-c1ccc([C@H](C)NC(=O)[C@@H]2C[C@@H](O)CN2C(=O)[C@@H](c2cc(OCCN3CC(C4CCN(C(=O)c5ccc(CCOc6cc(-c7ccccc7O)nnc6N)cc5)CC4)C3)no2)C(C)C)cc1. The molecule has 17 nitrogen and oxygen atoms in total. The number of ether oxygens (including phenoxy) is 2. The number of aliphatic hydroxyl groups is 1. The van der Waals surface area contributed by atoms with Crippen LogP contribution in [0.25, 0.3) is 21.7 Å². The summed E-state index contributed by atoms with van der Waals surface area (Å²) in [5.41, 5.74) is 13.5. The Morgan fingerprint density at radius 2 is 1.67 bits per heavy atom. The van der Waals surface area contributed by atoms with Gasteiger partial charge < -0.3 is 45.1 Å². The lowest BCUT2D eigenvalue weighted by atomic mass is 9.79. The van der Waals surface area contributed by atoms with E-state index in [0.717, 1.165) is 72.8 Å². The Bertz CT molecular complexity index is 2820. The third kappa shape index (κ3) is 11.4. The van der Waals surface area contributed by atoms with Crippen molar-refractivity contribution in [3.8, 4) is 39.1 Å². The molecule has 0 aliphatic carbocycles. The summed E-state index contributed by atoms with van der Waals surface area (Å²) in [6.45, 7) is 12.6. The number of rotatable bonds is 18. The van der Waals surface area contributed by atoms with Crippen LogP contribution in [0.3, 0.4) is 0 Å². The van der Waals surface area contributed by atoms with Crippen molar-refractivity contribution in [3.63, 3.8) is 0 Å². The number of nitrogen functional groups attached to an aromatic ring is 1. The molecule has 0 unspecified atom stereocenters. The molecule has 0 bridgehead atoms. The highest BCUT2D eigenvalue weighted by molar-refractivity contribution is 7.13. The fourth-order valence-electron chi connectivity index (χ4n) is 10.1. The molecule has 3 aliphatic heterocycles. The molecular formula is C54H63N9O8S. The normalized spacial score (nSPS) is 18.5. The van der Waals surface area contributed by atoms with Crippen LogP contribution in [0.2, 0.25) is 0 Å². The predicted molar refractivity (Wildman–Crippen MR) is 272 cm³/mol. The smallest absolute Gasteiger partial charge is 0.254 e. The van der Waals surface area contributed by atoms with E-state index in [9.17, 15) is 24.6 Å². The molecule has 9 rings (SSSR count). The maximum Gasteiger partial charge on any atom is 0.254 e. The van der Waals surface area contributed by atoms with Gasteiger partial charge in [-0.1, -0.05) is 62.4 Å². The monoisotopic (exact) mass is 997 g/mol. The number of thiazole rings is 1. The van der Waals surface area contributed by atoms with E-state index in [2.05, 4.69) is 30.6 Å². The zero-order valence-electron chi connectivity index (χ0n) is 41.1. The Kier molecular flexibility index (Phi) is 15.5. The van der Waals surface area contributed by atoms with E-state index in [1.54, 1.807) is 47.7 Å². The topological polar surface area (TPSA) is 223 Å². The minimum atomic E-state index is -0.833. The minimum absolute atomic E-state index is 0.0456. The van der Waals surface area contributed by atoms with Crippen LogP contribution in [0, 0.1) is 24.7 Å². The van der Waals surface area contributed by atoms with Gasteiger partial charge >= 0.3 is 0 Å². The second-order valence-electron chi connectivity index (χ2n) is 19.6. The van der Waals surface area contributed by atoms with Crippen LogP contribution in [-0.2, 0) is 16.0 Å². The Morgan fingerprint density at radius 1 is 0.917 bits per heavy atom. The maximum atomic E-state index is 14.2. The zero-order chi connectivity index (χ0) is 50.5. The highest BCUT2D eigenvalue weighted by Crippen LogP contribution is 2.36. The quantitative estimate of drug-likeness (QED) is 0.0687. The van der Waals surface area contributed by atoms with E-state index in [-0.39, 0.29) is 54.2 Å². The van der Waals surface area contributed by atoms with Crippen LogP contribution in [0.5, 0.6) is 17.4 Å². The number of carbonyl (C=O) groups excluding carboxylic acids is 3. The van der Waals surface area contributed by atoms with Crippen LogP contribution >= 0.6 is 11.3 Å². The molecule has 3 fully saturated rings. The summed E-state index contributed by atoms with van der Waals surface area (Å²) < 4.78 is 17.7. The van der Waals surface area contributed by atoms with E-state index in [1.165, 1.54) is 4.90 Å². The highest BCUT2D eigenvalue weighted by Gasteiger charge is 2.44. The summed E-state index contributed by atoms with van der Waals surface area (Å²) in [6.07, 6.45) is 1.85. The zero-order valence-corrected chi connectivity index (χ0v) is 42.0. The van der Waals surface area contributed by atoms with Crippen molar-refractivity contribution in [2.24, 2.45) is 17.8 Å². The molecule has 0 saturated carbocycles. The van der Waals surface area contributed by atoms with Crippen molar-refractivity contribution in [1.82, 2.24) is 40.4 Å². The van der Waals surface area contributed by atoms with Crippen molar-refractivity contribution in [3.05, 3.63) is 119 Å². The van der Waals surface area contributed by atoms with Gasteiger partial charge in [0.25, 0.3) is 11.8 Å². The van der Waals surface area contributed by atoms with Gasteiger partial charge in [0.05, 0.1) is 34.8 Å². The number of nitrogens with two attached hydrogens (primary N) is 1. The molecule has 6 aromatic rings. The number of nitrogens with zero attached hydrogens (tertiary/aromatic N) is 7. The number of aromatic hydroxyl groups is 1. The number of carbonyl (C=O) groups is 3. The first-order valence-electron chi connectivity index (χ1n) is 24.8. The number of β-amino-alcohol motifs (C(OH)–C–C–N with tert-alkyl or cyclic N) is 1. The largest absolute Gasteiger partial charge is 0.507 e. The van der Waals surface area contributed by atoms with Crippen LogP contribution < -0.4 is 20.5 Å². The summed E-state index contributed by atoms with van der Waals surface area (Å²) in [7, 11) is 0. The number of amides is 3. The third-order valence-electron chi connectivity index (χ3n) is 14.3. The molecule has 5 N–H and O–H groups in total. The van der Waals surface area contributed by atoms with Gasteiger partial charge in [0.2, 0.25) is 11.8 Å². The van der Waals surface area contributed by atoms with Crippen molar-refractivity contribution in [2.75, 3.05) is 58.2 Å². The Labute approximate surface area is 423 Å². The molecule has 18 heteroatoms. The number of phenolic OH excluding ortho intramolecular Hbond substituents is 1. The van der Waals surface area contributed by atoms with Crippen LogP contribution in [-0.4, -0.2) is 128 Å². The number of aliphatic hydroxyl groups excluding tert-OH is 1. The van der Waals surface area contributed by atoms with Gasteiger partial charge in [-0.3, -0.25) is 19.3 Å². The summed E-state index contributed by atoms with van der Waals surface area (Å²) in [6, 6.07) is 24.8. The lowest BCUT2D eigenvalue weighted by Gasteiger charge is -2.46. The third-order valence-corrected chi connectivity index (χ3v) is 15.3. The minimum Gasteiger partial charge on any atom is -0.507 e.